The van der Waals surface area contributed by atoms with Gasteiger partial charge in [-0.2, -0.15) is 0 Å². The molecule has 19 heavy (non-hydrogen) atoms. The molecule has 1 amide bonds. The largest absolute Gasteiger partial charge is 0.481 e. The van der Waals surface area contributed by atoms with E-state index >= 15 is 0 Å². The minimum Gasteiger partial charge on any atom is -0.481 e. The number of carboxylic acid groups (broad SMARTS) is 1. The topological polar surface area (TPSA) is 66.8 Å². The molecule has 0 spiro atoms. The summed E-state index contributed by atoms with van der Waals surface area (Å²) in [5.74, 6) is -1.08. The Kier molecular flexibility index (Phi) is 4.28. The highest BCUT2D eigenvalue weighted by Gasteiger charge is 2.49. The minimum absolute atomic E-state index is 0.171. The van der Waals surface area contributed by atoms with Gasteiger partial charge in [0.1, 0.15) is 5.60 Å². The maximum Gasteiger partial charge on any atom is 0.410 e. The highest BCUT2D eigenvalue weighted by molar-refractivity contribution is 5.78. The molecule has 0 aliphatic carbocycles. The average Bonchev–Trinajstić information content (AvgIpc) is 2.71. The molecule has 1 aliphatic rings. The zero-order valence-electron chi connectivity index (χ0n) is 12.1. The first-order chi connectivity index (χ1) is 8.62. The fraction of sp³-hybridized carbons (Fsp3) is 0.714. The van der Waals surface area contributed by atoms with Gasteiger partial charge in [0.2, 0.25) is 0 Å². The molecule has 0 aromatic heterocycles. The second kappa shape index (κ2) is 5.23. The number of nitrogens with zero attached hydrogens (tertiary/aromatic N) is 1. The maximum absolute atomic E-state index is 12.0. The smallest absolute Gasteiger partial charge is 0.410 e. The van der Waals surface area contributed by atoms with Gasteiger partial charge in [-0.15, -0.1) is 6.58 Å². The molecule has 0 saturated carbocycles. The van der Waals surface area contributed by atoms with E-state index in [1.165, 1.54) is 4.90 Å². The monoisotopic (exact) mass is 269 g/mol. The summed E-state index contributed by atoms with van der Waals surface area (Å²) in [5.41, 5.74) is -1.52. The Labute approximate surface area is 114 Å². The van der Waals surface area contributed by atoms with Crippen LogP contribution in [0.15, 0.2) is 12.7 Å². The lowest BCUT2D eigenvalue weighted by molar-refractivity contribution is -0.150. The van der Waals surface area contributed by atoms with Crippen molar-refractivity contribution in [3.8, 4) is 0 Å². The predicted molar refractivity (Wildman–Crippen MR) is 71.9 cm³/mol. The van der Waals surface area contributed by atoms with Gasteiger partial charge in [-0.3, -0.25) is 4.79 Å². The SMILES string of the molecule is C=CC(C)C1(C(=O)O)CCN(C(=O)OC(C)(C)C)C1. The van der Waals surface area contributed by atoms with Gasteiger partial charge >= 0.3 is 12.1 Å². The van der Waals surface area contributed by atoms with Crippen LogP contribution in [0.4, 0.5) is 4.79 Å². The Morgan fingerprint density at radius 3 is 2.47 bits per heavy atom. The van der Waals surface area contributed by atoms with Crippen molar-refractivity contribution in [1.82, 2.24) is 4.90 Å². The van der Waals surface area contributed by atoms with E-state index in [4.69, 9.17) is 4.74 Å². The van der Waals surface area contributed by atoms with Crippen LogP contribution in [0, 0.1) is 11.3 Å². The first kappa shape index (κ1) is 15.5. The predicted octanol–water partition coefficient (Wildman–Crippen LogP) is 2.52. The standard InChI is InChI=1S/C14H23NO4/c1-6-10(2)14(11(16)17)7-8-15(9-14)12(18)19-13(3,4)5/h6,10H,1,7-9H2,2-5H3,(H,16,17). The Bertz CT molecular complexity index is 385. The molecule has 0 bridgehead atoms. The summed E-state index contributed by atoms with van der Waals surface area (Å²) in [5, 5.41) is 9.47. The number of hydrogen-bond donors (Lipinski definition) is 1. The molecule has 1 rings (SSSR count). The number of rotatable bonds is 3. The van der Waals surface area contributed by atoms with Crippen LogP contribution in [-0.4, -0.2) is 40.8 Å². The maximum atomic E-state index is 12.0. The number of allylic oxidation sites excluding steroid dienone is 1. The van der Waals surface area contributed by atoms with Crippen LogP contribution >= 0.6 is 0 Å². The summed E-state index contributed by atoms with van der Waals surface area (Å²) in [7, 11) is 0. The van der Waals surface area contributed by atoms with Crippen molar-refractivity contribution < 1.29 is 19.4 Å². The molecule has 1 N–H and O–H groups in total. The second-order valence-electron chi connectivity index (χ2n) is 6.14. The number of aliphatic carboxylic acids is 1. The summed E-state index contributed by atoms with van der Waals surface area (Å²) in [6.45, 7) is 11.4. The molecule has 108 valence electrons. The van der Waals surface area contributed by atoms with E-state index in [0.29, 0.717) is 13.0 Å². The first-order valence-electron chi connectivity index (χ1n) is 6.46. The molecule has 1 heterocycles. The molecule has 5 nitrogen and oxygen atoms in total. The Morgan fingerprint density at radius 2 is 2.05 bits per heavy atom. The van der Waals surface area contributed by atoms with Crippen molar-refractivity contribution in [2.75, 3.05) is 13.1 Å². The molecule has 1 fully saturated rings. The van der Waals surface area contributed by atoms with Crippen LogP contribution in [0.3, 0.4) is 0 Å². The number of carbonyl (C=O) groups is 2. The molecule has 0 aromatic carbocycles. The van der Waals surface area contributed by atoms with Crippen molar-refractivity contribution in [2.24, 2.45) is 11.3 Å². The molecule has 0 aromatic rings. The fourth-order valence-electron chi connectivity index (χ4n) is 2.28. The Balaban J connectivity index is 2.83. The van der Waals surface area contributed by atoms with Gasteiger partial charge in [-0.1, -0.05) is 13.0 Å². The van der Waals surface area contributed by atoms with Crippen LogP contribution < -0.4 is 0 Å². The van der Waals surface area contributed by atoms with E-state index in [1.807, 2.05) is 6.92 Å². The van der Waals surface area contributed by atoms with E-state index in [2.05, 4.69) is 6.58 Å². The van der Waals surface area contributed by atoms with E-state index in [1.54, 1.807) is 26.8 Å². The molecular formula is C14H23NO4. The molecule has 1 aliphatic heterocycles. The highest BCUT2D eigenvalue weighted by Crippen LogP contribution is 2.39. The normalized spacial score (nSPS) is 24.9. The first-order valence-corrected chi connectivity index (χ1v) is 6.46. The summed E-state index contributed by atoms with van der Waals surface area (Å²) < 4.78 is 5.28. The lowest BCUT2D eigenvalue weighted by atomic mass is 9.75. The number of amides is 1. The Hall–Kier alpha value is -1.52. The van der Waals surface area contributed by atoms with Gasteiger partial charge < -0.3 is 14.7 Å². The zero-order valence-corrected chi connectivity index (χ0v) is 12.1. The summed E-state index contributed by atoms with van der Waals surface area (Å²) in [4.78, 5) is 25.0. The van der Waals surface area contributed by atoms with Crippen molar-refractivity contribution >= 4 is 12.1 Å². The van der Waals surface area contributed by atoms with Crippen molar-refractivity contribution in [1.29, 1.82) is 0 Å². The quantitative estimate of drug-likeness (QED) is 0.799. The number of ether oxygens (including phenoxy) is 1. The average molecular weight is 269 g/mol. The van der Waals surface area contributed by atoms with Crippen molar-refractivity contribution in [3.05, 3.63) is 12.7 Å². The molecule has 1 saturated heterocycles. The summed E-state index contributed by atoms with van der Waals surface area (Å²) in [6.07, 6.45) is 1.61. The Morgan fingerprint density at radius 1 is 1.47 bits per heavy atom. The third kappa shape index (κ3) is 3.28. The third-order valence-corrected chi connectivity index (χ3v) is 3.60. The van der Waals surface area contributed by atoms with Crippen molar-refractivity contribution in [2.45, 2.75) is 39.7 Å². The number of likely N-dealkylation sites (tertiary alicyclic amines) is 1. The number of hydrogen-bond acceptors (Lipinski definition) is 3. The van der Waals surface area contributed by atoms with Gasteiger partial charge in [0.15, 0.2) is 0 Å². The third-order valence-electron chi connectivity index (χ3n) is 3.60. The van der Waals surface area contributed by atoms with E-state index in [0.717, 1.165) is 0 Å². The van der Waals surface area contributed by atoms with Gasteiger partial charge in [0.05, 0.1) is 5.41 Å². The molecule has 2 unspecified atom stereocenters. The van der Waals surface area contributed by atoms with Crippen LogP contribution in [-0.2, 0) is 9.53 Å². The van der Waals surface area contributed by atoms with Crippen LogP contribution in [0.1, 0.15) is 34.1 Å². The van der Waals surface area contributed by atoms with Gasteiger partial charge in [-0.25, -0.2) is 4.79 Å². The van der Waals surface area contributed by atoms with Crippen molar-refractivity contribution in [3.63, 3.8) is 0 Å². The fourth-order valence-corrected chi connectivity index (χ4v) is 2.28. The summed E-state index contributed by atoms with van der Waals surface area (Å²) >= 11 is 0. The second-order valence-corrected chi connectivity index (χ2v) is 6.14. The van der Waals surface area contributed by atoms with Crippen LogP contribution in [0.5, 0.6) is 0 Å². The molecule has 2 atom stereocenters. The number of carbonyl (C=O) groups excluding carboxylic acids is 1. The lowest BCUT2D eigenvalue weighted by Gasteiger charge is -2.30. The molecular weight excluding hydrogens is 246 g/mol. The van der Waals surface area contributed by atoms with Gasteiger partial charge in [0, 0.05) is 13.1 Å². The summed E-state index contributed by atoms with van der Waals surface area (Å²) in [6, 6.07) is 0. The van der Waals surface area contributed by atoms with Crippen LogP contribution in [0.25, 0.3) is 0 Å². The zero-order chi connectivity index (χ0) is 14.8. The highest BCUT2D eigenvalue weighted by atomic mass is 16.6. The van der Waals surface area contributed by atoms with Gasteiger partial charge in [-0.05, 0) is 33.1 Å². The van der Waals surface area contributed by atoms with Crippen LogP contribution in [0.2, 0.25) is 0 Å². The lowest BCUT2D eigenvalue weighted by Crippen LogP contribution is -2.42. The molecule has 0 radical (unpaired) electrons. The van der Waals surface area contributed by atoms with E-state index in [9.17, 15) is 14.7 Å². The number of carboxylic acids is 1. The van der Waals surface area contributed by atoms with E-state index < -0.39 is 23.1 Å². The van der Waals surface area contributed by atoms with Gasteiger partial charge in [0.25, 0.3) is 0 Å². The minimum atomic E-state index is -0.946. The van der Waals surface area contributed by atoms with E-state index in [-0.39, 0.29) is 12.5 Å². The molecule has 5 heteroatoms.